The molecule has 1 saturated heterocycles. The summed E-state index contributed by atoms with van der Waals surface area (Å²) in [6.07, 6.45) is 6.20. The molecule has 3 atom stereocenters. The highest BCUT2D eigenvalue weighted by atomic mass is 16.5. The molecular weight excluding hydrogens is 252 g/mol. The van der Waals surface area contributed by atoms with E-state index in [0.29, 0.717) is 18.4 Å². The Morgan fingerprint density at radius 2 is 2.10 bits per heavy atom. The Bertz CT molecular complexity index is 341. The van der Waals surface area contributed by atoms with Crippen molar-refractivity contribution in [3.05, 3.63) is 0 Å². The van der Waals surface area contributed by atoms with E-state index in [0.717, 1.165) is 13.0 Å². The molecule has 0 spiro atoms. The highest BCUT2D eigenvalue weighted by molar-refractivity contribution is 5.88. The van der Waals surface area contributed by atoms with E-state index in [2.05, 4.69) is 31.0 Å². The fraction of sp³-hybridized carbons (Fsp3) is 0.938. The second kappa shape index (κ2) is 6.44. The quantitative estimate of drug-likeness (QED) is 0.813. The fourth-order valence-electron chi connectivity index (χ4n) is 3.68. The summed E-state index contributed by atoms with van der Waals surface area (Å²) < 4.78 is 5.23. The molecule has 20 heavy (non-hydrogen) atoms. The molecule has 2 aliphatic rings. The Hall–Kier alpha value is -0.610. The first-order chi connectivity index (χ1) is 9.51. The van der Waals surface area contributed by atoms with Crippen molar-refractivity contribution < 1.29 is 9.53 Å². The first-order valence-corrected chi connectivity index (χ1v) is 8.09. The van der Waals surface area contributed by atoms with Gasteiger partial charge in [-0.05, 0) is 38.0 Å². The molecule has 0 radical (unpaired) electrons. The molecule has 2 fully saturated rings. The predicted octanol–water partition coefficient (Wildman–Crippen LogP) is 2.39. The van der Waals surface area contributed by atoms with E-state index in [1.165, 1.54) is 25.7 Å². The second-order valence-electron chi connectivity index (χ2n) is 6.84. The van der Waals surface area contributed by atoms with Gasteiger partial charge in [-0.15, -0.1) is 0 Å². The zero-order valence-corrected chi connectivity index (χ0v) is 13.4. The molecule has 1 aliphatic carbocycles. The van der Waals surface area contributed by atoms with Crippen LogP contribution < -0.4 is 5.32 Å². The zero-order valence-electron chi connectivity index (χ0n) is 13.4. The third-order valence-corrected chi connectivity index (χ3v) is 5.05. The van der Waals surface area contributed by atoms with E-state index in [1.807, 2.05) is 0 Å². The molecule has 2 rings (SSSR count). The van der Waals surface area contributed by atoms with Crippen molar-refractivity contribution >= 4 is 5.91 Å². The van der Waals surface area contributed by atoms with Crippen LogP contribution in [0.3, 0.4) is 0 Å². The highest BCUT2D eigenvalue weighted by Crippen LogP contribution is 2.35. The van der Waals surface area contributed by atoms with Gasteiger partial charge in [-0.3, -0.25) is 10.1 Å². The molecular formula is C16H30N2O2. The first-order valence-electron chi connectivity index (χ1n) is 8.09. The van der Waals surface area contributed by atoms with Gasteiger partial charge < -0.3 is 9.64 Å². The number of ether oxygens (including phenoxy) is 1. The Kier molecular flexibility index (Phi) is 5.08. The summed E-state index contributed by atoms with van der Waals surface area (Å²) in [5.41, 5.74) is -0.375. The molecule has 0 aromatic heterocycles. The van der Waals surface area contributed by atoms with Crippen LogP contribution in [0.15, 0.2) is 0 Å². The number of rotatable bonds is 6. The van der Waals surface area contributed by atoms with Crippen molar-refractivity contribution in [2.75, 3.05) is 20.3 Å². The van der Waals surface area contributed by atoms with Crippen molar-refractivity contribution in [3.8, 4) is 0 Å². The van der Waals surface area contributed by atoms with Crippen molar-refractivity contribution in [3.63, 3.8) is 0 Å². The summed E-state index contributed by atoms with van der Waals surface area (Å²) in [6.45, 7) is 7.82. The van der Waals surface area contributed by atoms with Crippen LogP contribution in [0.25, 0.3) is 0 Å². The number of carbonyl (C=O) groups excluding carboxylic acids is 1. The maximum atomic E-state index is 12.8. The van der Waals surface area contributed by atoms with Crippen molar-refractivity contribution in [1.82, 2.24) is 10.2 Å². The molecule has 0 bridgehead atoms. The molecule has 116 valence electrons. The van der Waals surface area contributed by atoms with Crippen LogP contribution in [0.2, 0.25) is 0 Å². The van der Waals surface area contributed by atoms with Gasteiger partial charge in [-0.25, -0.2) is 0 Å². The number of hydrogen-bond donors (Lipinski definition) is 1. The van der Waals surface area contributed by atoms with Gasteiger partial charge in [0.15, 0.2) is 0 Å². The number of hydrogen-bond acceptors (Lipinski definition) is 3. The molecule has 1 amide bonds. The predicted molar refractivity (Wildman–Crippen MR) is 80.3 cm³/mol. The van der Waals surface area contributed by atoms with Crippen molar-refractivity contribution in [1.29, 1.82) is 0 Å². The van der Waals surface area contributed by atoms with Crippen LogP contribution in [0.4, 0.5) is 0 Å². The van der Waals surface area contributed by atoms with Crippen molar-refractivity contribution in [2.45, 2.75) is 64.6 Å². The van der Waals surface area contributed by atoms with Gasteiger partial charge in [0, 0.05) is 13.7 Å². The van der Waals surface area contributed by atoms with Gasteiger partial charge in [0.25, 0.3) is 0 Å². The van der Waals surface area contributed by atoms with E-state index in [1.54, 1.807) is 7.11 Å². The number of nitrogens with zero attached hydrogens (tertiary/aromatic N) is 1. The summed E-state index contributed by atoms with van der Waals surface area (Å²) in [6, 6.07) is 0. The summed E-state index contributed by atoms with van der Waals surface area (Å²) in [5, 5.41) is 3.64. The lowest BCUT2D eigenvalue weighted by atomic mass is 9.99. The summed E-state index contributed by atoms with van der Waals surface area (Å²) in [7, 11) is 1.73. The van der Waals surface area contributed by atoms with Crippen LogP contribution in [-0.4, -0.2) is 42.8 Å². The molecule has 3 unspecified atom stereocenters. The molecule has 1 heterocycles. The van der Waals surface area contributed by atoms with E-state index in [-0.39, 0.29) is 17.6 Å². The minimum absolute atomic E-state index is 0.231. The number of carbonyl (C=O) groups is 1. The monoisotopic (exact) mass is 282 g/mol. The lowest BCUT2D eigenvalue weighted by molar-refractivity contribution is -0.134. The fourth-order valence-corrected chi connectivity index (χ4v) is 3.68. The minimum Gasteiger partial charge on any atom is -0.384 e. The van der Waals surface area contributed by atoms with E-state index < -0.39 is 0 Å². The van der Waals surface area contributed by atoms with Crippen LogP contribution >= 0.6 is 0 Å². The third-order valence-electron chi connectivity index (χ3n) is 5.05. The molecule has 4 nitrogen and oxygen atoms in total. The minimum atomic E-state index is -0.375. The summed E-state index contributed by atoms with van der Waals surface area (Å²) in [4.78, 5) is 14.9. The number of nitrogens with one attached hydrogen (secondary N) is 1. The maximum Gasteiger partial charge on any atom is 0.243 e. The molecule has 4 heteroatoms. The Labute approximate surface area is 123 Å². The van der Waals surface area contributed by atoms with Crippen LogP contribution in [-0.2, 0) is 9.53 Å². The van der Waals surface area contributed by atoms with E-state index in [9.17, 15) is 4.79 Å². The molecule has 0 aromatic rings. The average Bonchev–Trinajstić information content (AvgIpc) is 3.02. The van der Waals surface area contributed by atoms with Gasteiger partial charge in [-0.1, -0.05) is 26.7 Å². The average molecular weight is 282 g/mol. The first kappa shape index (κ1) is 15.8. The van der Waals surface area contributed by atoms with Gasteiger partial charge in [0.2, 0.25) is 5.91 Å². The lowest BCUT2D eigenvalue weighted by Gasteiger charge is -2.30. The van der Waals surface area contributed by atoms with Gasteiger partial charge in [0.05, 0.1) is 18.3 Å². The van der Waals surface area contributed by atoms with E-state index in [4.69, 9.17) is 4.74 Å². The van der Waals surface area contributed by atoms with Gasteiger partial charge >= 0.3 is 0 Å². The Morgan fingerprint density at radius 3 is 2.65 bits per heavy atom. The Morgan fingerprint density at radius 1 is 1.45 bits per heavy atom. The maximum absolute atomic E-state index is 12.8. The van der Waals surface area contributed by atoms with Gasteiger partial charge in [-0.2, -0.15) is 0 Å². The molecule has 1 saturated carbocycles. The van der Waals surface area contributed by atoms with Gasteiger partial charge in [0.1, 0.15) is 0 Å². The van der Waals surface area contributed by atoms with Crippen LogP contribution in [0.1, 0.15) is 52.9 Å². The van der Waals surface area contributed by atoms with Crippen LogP contribution in [0, 0.1) is 11.8 Å². The lowest BCUT2D eigenvalue weighted by Crippen LogP contribution is -2.46. The topological polar surface area (TPSA) is 41.6 Å². The summed E-state index contributed by atoms with van der Waals surface area (Å²) >= 11 is 0. The van der Waals surface area contributed by atoms with E-state index >= 15 is 0 Å². The summed E-state index contributed by atoms with van der Waals surface area (Å²) in [5.74, 6) is 1.29. The third kappa shape index (κ3) is 3.01. The SMILES string of the molecule is CCC1(C)NC(C2CCCC2)N(CC(C)COC)C1=O. The second-order valence-corrected chi connectivity index (χ2v) is 6.84. The molecule has 1 N–H and O–H groups in total. The molecule has 1 aliphatic heterocycles. The standard InChI is InChI=1S/C16H30N2O2/c1-5-16(3)15(19)18(10-12(2)11-20-4)14(17-16)13-8-6-7-9-13/h12-14,17H,5-11H2,1-4H3. The Balaban J connectivity index is 2.12. The smallest absolute Gasteiger partial charge is 0.243 e. The molecule has 0 aromatic carbocycles. The largest absolute Gasteiger partial charge is 0.384 e. The number of amides is 1. The normalized spacial score (nSPS) is 33.1. The number of methoxy groups -OCH3 is 1. The van der Waals surface area contributed by atoms with Crippen LogP contribution in [0.5, 0.6) is 0 Å². The van der Waals surface area contributed by atoms with Crippen molar-refractivity contribution in [2.24, 2.45) is 11.8 Å². The highest BCUT2D eigenvalue weighted by Gasteiger charge is 2.49. The zero-order chi connectivity index (χ0) is 14.8.